The molecule has 0 spiro atoms. The number of piperazine rings is 1. The van der Waals surface area contributed by atoms with Gasteiger partial charge in [0.25, 0.3) is 5.91 Å². The lowest BCUT2D eigenvalue weighted by Crippen LogP contribution is -2.51. The summed E-state index contributed by atoms with van der Waals surface area (Å²) in [6, 6.07) is 1.77. The molecule has 188 valence electrons. The molecule has 0 bridgehead atoms. The Labute approximate surface area is 219 Å². The predicted molar refractivity (Wildman–Crippen MR) is 138 cm³/mol. The number of aryl methyl sites for hydroxylation is 1. The molecule has 1 atom stereocenters. The number of fused-ring (bicyclic) bond motifs is 1. The van der Waals surface area contributed by atoms with E-state index < -0.39 is 0 Å². The number of carbonyl (C=O) groups is 2. The Balaban J connectivity index is 1.33. The van der Waals surface area contributed by atoms with Crippen molar-refractivity contribution in [3.8, 4) is 0 Å². The quantitative estimate of drug-likeness (QED) is 0.636. The van der Waals surface area contributed by atoms with Crippen LogP contribution in [0.4, 0.5) is 5.95 Å². The van der Waals surface area contributed by atoms with E-state index in [-0.39, 0.29) is 37.4 Å². The van der Waals surface area contributed by atoms with Crippen LogP contribution < -0.4 is 10.6 Å². The van der Waals surface area contributed by atoms with Crippen molar-refractivity contribution < 1.29 is 9.59 Å². The van der Waals surface area contributed by atoms with Crippen LogP contribution in [0.1, 0.15) is 45.2 Å². The van der Waals surface area contributed by atoms with Crippen LogP contribution in [-0.2, 0) is 17.9 Å². The molecular weight excluding hydrogens is 501 g/mol. The molecule has 1 aliphatic carbocycles. The molecule has 11 heteroatoms. The summed E-state index contributed by atoms with van der Waals surface area (Å²) < 4.78 is 0. The fraction of sp³-hybridized carbons (Fsp3) is 0.400. The topological polar surface area (TPSA) is 109 Å². The van der Waals surface area contributed by atoms with Crippen LogP contribution in [0.15, 0.2) is 40.7 Å². The van der Waals surface area contributed by atoms with Gasteiger partial charge in [0.05, 0.1) is 17.8 Å². The Morgan fingerprint density at radius 1 is 1.17 bits per heavy atom. The van der Waals surface area contributed by atoms with Gasteiger partial charge in [-0.05, 0) is 36.6 Å². The summed E-state index contributed by atoms with van der Waals surface area (Å²) in [5, 5.41) is 1.14. The maximum Gasteiger partial charge on any atom is 0.256 e. The predicted octanol–water partition coefficient (Wildman–Crippen LogP) is 2.68. The molecule has 0 saturated carbocycles. The van der Waals surface area contributed by atoms with Crippen molar-refractivity contribution in [1.82, 2.24) is 24.8 Å². The molecular formula is C25H27Cl2N7O2. The van der Waals surface area contributed by atoms with Crippen LogP contribution in [0.25, 0.3) is 0 Å². The smallest absolute Gasteiger partial charge is 0.256 e. The summed E-state index contributed by atoms with van der Waals surface area (Å²) in [5.74, 6) is 0.131. The molecule has 0 radical (unpaired) electrons. The molecule has 4 heterocycles. The van der Waals surface area contributed by atoms with E-state index >= 15 is 0 Å². The highest BCUT2D eigenvalue weighted by Crippen LogP contribution is 2.42. The van der Waals surface area contributed by atoms with Crippen molar-refractivity contribution in [2.75, 3.05) is 37.6 Å². The number of pyridine rings is 1. The molecule has 5 rings (SSSR count). The average Bonchev–Trinajstić information content (AvgIpc) is 3.18. The first kappa shape index (κ1) is 24.7. The lowest BCUT2D eigenvalue weighted by Gasteiger charge is -2.35. The standard InChI is InChI=1S/C25H27Cl2N7O2/c1-15-18(12-28)22(17-4-3-16(26)11-19(17)27)23-20(31-15)13-34(24(23)36)14-21(35)32-7-9-33(10-8-32)25-29-5-2-6-30-25/h2-3,5-6,11,17H,4,7-10,12-14,28H2,1H3. The molecule has 1 fully saturated rings. The number of aromatic nitrogens is 3. The van der Waals surface area contributed by atoms with Crippen molar-refractivity contribution in [3.05, 3.63) is 68.8 Å². The number of nitrogens with two attached hydrogens (primary N) is 1. The zero-order valence-electron chi connectivity index (χ0n) is 20.0. The van der Waals surface area contributed by atoms with Crippen LogP contribution in [0.2, 0.25) is 0 Å². The number of halogens is 2. The fourth-order valence-electron chi connectivity index (χ4n) is 5.12. The molecule has 2 N–H and O–H groups in total. The summed E-state index contributed by atoms with van der Waals surface area (Å²) in [4.78, 5) is 45.4. The Bertz CT molecular complexity index is 1260. The highest BCUT2D eigenvalue weighted by atomic mass is 35.5. The number of nitrogens with zero attached hydrogens (tertiary/aromatic N) is 6. The number of allylic oxidation sites excluding steroid dienone is 4. The van der Waals surface area contributed by atoms with Crippen molar-refractivity contribution in [3.63, 3.8) is 0 Å². The molecule has 2 amide bonds. The summed E-state index contributed by atoms with van der Waals surface area (Å²) in [7, 11) is 0. The van der Waals surface area contributed by atoms with Gasteiger partial charge < -0.3 is 20.4 Å². The van der Waals surface area contributed by atoms with E-state index in [0.29, 0.717) is 59.9 Å². The Morgan fingerprint density at radius 2 is 1.89 bits per heavy atom. The van der Waals surface area contributed by atoms with E-state index in [4.69, 9.17) is 33.9 Å². The second kappa shape index (κ2) is 10.2. The van der Waals surface area contributed by atoms with Gasteiger partial charge in [-0.3, -0.25) is 14.6 Å². The summed E-state index contributed by atoms with van der Waals surface area (Å²) in [6.07, 6.45) is 7.58. The Morgan fingerprint density at radius 3 is 2.56 bits per heavy atom. The van der Waals surface area contributed by atoms with Gasteiger partial charge in [0.15, 0.2) is 0 Å². The zero-order valence-corrected chi connectivity index (χ0v) is 21.5. The van der Waals surface area contributed by atoms with Gasteiger partial charge in [0, 0.05) is 66.8 Å². The zero-order chi connectivity index (χ0) is 25.4. The van der Waals surface area contributed by atoms with Gasteiger partial charge in [-0.1, -0.05) is 29.3 Å². The number of amides is 2. The van der Waals surface area contributed by atoms with Crippen LogP contribution in [0.3, 0.4) is 0 Å². The maximum atomic E-state index is 13.6. The number of hydrogen-bond acceptors (Lipinski definition) is 7. The monoisotopic (exact) mass is 527 g/mol. The molecule has 1 saturated heterocycles. The van der Waals surface area contributed by atoms with Crippen molar-refractivity contribution in [2.45, 2.75) is 32.4 Å². The van der Waals surface area contributed by atoms with Crippen LogP contribution in [-0.4, -0.2) is 69.3 Å². The van der Waals surface area contributed by atoms with Crippen LogP contribution in [0.5, 0.6) is 0 Å². The van der Waals surface area contributed by atoms with Gasteiger partial charge in [0.2, 0.25) is 11.9 Å². The molecule has 2 aromatic rings. The van der Waals surface area contributed by atoms with Gasteiger partial charge >= 0.3 is 0 Å². The van der Waals surface area contributed by atoms with Crippen molar-refractivity contribution in [1.29, 1.82) is 0 Å². The number of hydrogen-bond donors (Lipinski definition) is 1. The summed E-state index contributed by atoms with van der Waals surface area (Å²) in [5.41, 5.74) is 9.67. The second-order valence-electron chi connectivity index (χ2n) is 9.10. The van der Waals surface area contributed by atoms with Crippen molar-refractivity contribution >= 4 is 41.0 Å². The molecule has 2 aromatic heterocycles. The number of anilines is 1. The Kier molecular flexibility index (Phi) is 6.96. The summed E-state index contributed by atoms with van der Waals surface area (Å²) >= 11 is 12.7. The van der Waals surface area contributed by atoms with E-state index in [1.54, 1.807) is 34.3 Å². The Hall–Kier alpha value is -3.01. The third kappa shape index (κ3) is 4.58. The normalized spacial score (nSPS) is 19.8. The minimum absolute atomic E-state index is 0.00650. The first-order valence-corrected chi connectivity index (χ1v) is 12.7. The van der Waals surface area contributed by atoms with E-state index in [1.807, 2.05) is 13.0 Å². The van der Waals surface area contributed by atoms with Gasteiger partial charge in [-0.15, -0.1) is 0 Å². The molecule has 3 aliphatic rings. The summed E-state index contributed by atoms with van der Waals surface area (Å²) in [6.45, 7) is 4.76. The lowest BCUT2D eigenvalue weighted by molar-refractivity contribution is -0.132. The largest absolute Gasteiger partial charge is 0.338 e. The van der Waals surface area contributed by atoms with E-state index in [9.17, 15) is 9.59 Å². The number of rotatable bonds is 5. The highest BCUT2D eigenvalue weighted by Gasteiger charge is 2.38. The molecule has 2 aliphatic heterocycles. The average molecular weight is 528 g/mol. The first-order valence-electron chi connectivity index (χ1n) is 11.9. The molecule has 36 heavy (non-hydrogen) atoms. The highest BCUT2D eigenvalue weighted by molar-refractivity contribution is 6.35. The van der Waals surface area contributed by atoms with E-state index in [0.717, 1.165) is 16.8 Å². The fourth-order valence-corrected chi connectivity index (χ4v) is 5.70. The van der Waals surface area contributed by atoms with Gasteiger partial charge in [-0.25, -0.2) is 9.97 Å². The molecule has 0 aromatic carbocycles. The van der Waals surface area contributed by atoms with Crippen LogP contribution >= 0.6 is 23.2 Å². The van der Waals surface area contributed by atoms with Crippen molar-refractivity contribution in [2.24, 2.45) is 5.73 Å². The van der Waals surface area contributed by atoms with Crippen LogP contribution in [0, 0.1) is 6.92 Å². The minimum Gasteiger partial charge on any atom is -0.338 e. The molecule has 1 unspecified atom stereocenters. The minimum atomic E-state index is -0.226. The SMILES string of the molecule is Cc1nc2c(c(C3CC=C(Cl)C=C3Cl)c1CN)C(=O)N(CC(=O)N1CCN(c3ncccn3)CC1)C2. The first-order chi connectivity index (χ1) is 17.4. The number of carbonyl (C=O) groups excluding carboxylic acids is 2. The third-order valence-electron chi connectivity index (χ3n) is 6.97. The lowest BCUT2D eigenvalue weighted by atomic mass is 9.84. The second-order valence-corrected chi connectivity index (χ2v) is 9.97. The van der Waals surface area contributed by atoms with E-state index in [1.165, 1.54) is 0 Å². The maximum absolute atomic E-state index is 13.6. The van der Waals surface area contributed by atoms with Gasteiger partial charge in [0.1, 0.15) is 6.54 Å². The third-order valence-corrected chi connectivity index (χ3v) is 7.60. The van der Waals surface area contributed by atoms with Gasteiger partial charge in [-0.2, -0.15) is 0 Å². The molecule has 9 nitrogen and oxygen atoms in total. The van der Waals surface area contributed by atoms with E-state index in [2.05, 4.69) is 14.9 Å².